The minimum atomic E-state index is -2.08. The summed E-state index contributed by atoms with van der Waals surface area (Å²) in [5, 5.41) is 66.7. The largest absolute Gasteiger partial charge is 0.479 e. The molecule has 8 N–H and O–H groups in total. The number of fused-ring (bicyclic) bond motifs is 5. The first-order chi connectivity index (χ1) is 28.5. The molecule has 8 atom stereocenters. The molecular weight excluding hydrogens is 797 g/mol. The number of carbonyl (C=O) groups is 3. The van der Waals surface area contributed by atoms with Gasteiger partial charge in [-0.05, 0) is 55.0 Å². The third-order valence-corrected chi connectivity index (χ3v) is 11.7. The van der Waals surface area contributed by atoms with Gasteiger partial charge in [0.05, 0.1) is 40.0 Å². The number of esters is 1. The van der Waals surface area contributed by atoms with Gasteiger partial charge in [-0.1, -0.05) is 13.0 Å². The van der Waals surface area contributed by atoms with E-state index in [4.69, 9.17) is 29.7 Å². The number of carboxylic acids is 1. The van der Waals surface area contributed by atoms with E-state index in [1.165, 1.54) is 22.8 Å². The fourth-order valence-electron chi connectivity index (χ4n) is 8.51. The van der Waals surface area contributed by atoms with Crippen LogP contribution in [0.1, 0.15) is 70.9 Å². The van der Waals surface area contributed by atoms with Crippen molar-refractivity contribution in [2.75, 3.05) is 6.54 Å². The van der Waals surface area contributed by atoms with Crippen molar-refractivity contribution in [3.63, 3.8) is 0 Å². The summed E-state index contributed by atoms with van der Waals surface area (Å²) in [6.45, 7) is 2.48. The van der Waals surface area contributed by atoms with Gasteiger partial charge in [0, 0.05) is 40.8 Å². The van der Waals surface area contributed by atoms with Crippen molar-refractivity contribution < 1.29 is 68.2 Å². The lowest BCUT2D eigenvalue weighted by atomic mass is 9.81. The topological polar surface area (TPSA) is 305 Å². The molecule has 316 valence electrons. The predicted molar refractivity (Wildman–Crippen MR) is 200 cm³/mol. The number of aliphatic hydroxyl groups is 4. The Labute approximate surface area is 337 Å². The number of nitrogens with zero attached hydrogens (tertiary/aromatic N) is 3. The summed E-state index contributed by atoms with van der Waals surface area (Å²) >= 11 is 0. The maximum atomic E-state index is 15.4. The quantitative estimate of drug-likeness (QED) is 0.0622. The number of halogens is 1. The Morgan fingerprint density at radius 3 is 2.58 bits per heavy atom. The highest BCUT2D eigenvalue weighted by Gasteiger charge is 2.49. The summed E-state index contributed by atoms with van der Waals surface area (Å²) < 4.78 is 38.2. The summed E-state index contributed by atoms with van der Waals surface area (Å²) in [5.74, 6) is -3.62. The SMILES string of the molecule is CC[C@@]1(O)C(=O)OCc2c1cc1n(c2=O)Cc2c-1nc1cc(F)c(C)c3c1c2[C@@H](NC(=O)O[C@@H](CN)c1ccc(O[C@@H]2OC(C(=O)O)[C@@H](O)[C@H](O)C2O)c([N+](=O)[O-])c1)CC3. The number of nitrogens with one attached hydrogen (secondary N) is 1. The first-order valence-corrected chi connectivity index (χ1v) is 18.8. The number of benzene rings is 2. The summed E-state index contributed by atoms with van der Waals surface area (Å²) in [6, 6.07) is 5.31. The summed E-state index contributed by atoms with van der Waals surface area (Å²) in [4.78, 5) is 68.0. The molecule has 1 fully saturated rings. The third-order valence-electron chi connectivity index (χ3n) is 11.7. The maximum Gasteiger partial charge on any atom is 0.408 e. The zero-order chi connectivity index (χ0) is 43.1. The maximum absolute atomic E-state index is 15.4. The standard InChI is InChI=1S/C39H38FN5O15/c1-3-39(54)19-9-24-29-17(12-44(24)34(49)18(19)13-57-37(39)52)28-21(6-5-16-14(2)20(40)10-22(42-29)27(16)28)43-38(53)59-26(11-41)15-4-7-25(23(8-15)45(55)56)58-36-32(48)30(46)31(47)33(60-36)35(50)51/h4,7-10,21,26,30-33,36,46-48,54H,3,5-6,11-13,41H2,1-2H3,(H,43,53)(H,50,51)/t21-,26-,30-,31-,32?,33?,36+,39-/m0/s1. The van der Waals surface area contributed by atoms with Gasteiger partial charge in [-0.15, -0.1) is 0 Å². The van der Waals surface area contributed by atoms with Crippen LogP contribution in [0.4, 0.5) is 14.9 Å². The molecule has 2 unspecified atom stereocenters. The number of amides is 1. The second-order valence-electron chi connectivity index (χ2n) is 15.0. The molecule has 8 rings (SSSR count). The normalized spacial score (nSPS) is 25.7. The molecule has 1 amide bonds. The van der Waals surface area contributed by atoms with Crippen molar-refractivity contribution in [2.45, 2.75) is 94.7 Å². The van der Waals surface area contributed by atoms with Crippen molar-refractivity contribution in [3.05, 3.63) is 95.6 Å². The van der Waals surface area contributed by atoms with Crippen LogP contribution < -0.4 is 21.3 Å². The zero-order valence-electron chi connectivity index (χ0n) is 31.8. The minimum absolute atomic E-state index is 0.0143. The zero-order valence-corrected chi connectivity index (χ0v) is 31.8. The number of hydrogen-bond donors (Lipinski definition) is 7. The van der Waals surface area contributed by atoms with E-state index in [0.717, 1.165) is 12.1 Å². The average Bonchev–Trinajstić information content (AvgIpc) is 3.59. The van der Waals surface area contributed by atoms with E-state index < -0.39 is 94.2 Å². The van der Waals surface area contributed by atoms with Crippen molar-refractivity contribution in [1.82, 2.24) is 14.9 Å². The smallest absolute Gasteiger partial charge is 0.408 e. The monoisotopic (exact) mass is 835 g/mol. The first-order valence-electron chi connectivity index (χ1n) is 18.8. The Bertz CT molecular complexity index is 2580. The van der Waals surface area contributed by atoms with Crippen LogP contribution in [-0.4, -0.2) is 95.3 Å². The van der Waals surface area contributed by atoms with Crippen molar-refractivity contribution in [1.29, 1.82) is 0 Å². The number of carbonyl (C=O) groups excluding carboxylic acids is 2. The lowest BCUT2D eigenvalue weighted by molar-refractivity contribution is -0.387. The molecule has 5 heterocycles. The van der Waals surface area contributed by atoms with E-state index >= 15 is 4.39 Å². The van der Waals surface area contributed by atoms with Crippen molar-refractivity contribution in [3.8, 4) is 17.1 Å². The van der Waals surface area contributed by atoms with Crippen LogP contribution in [0.2, 0.25) is 0 Å². The molecule has 0 radical (unpaired) electrons. The highest BCUT2D eigenvalue weighted by Crippen LogP contribution is 2.46. The molecule has 0 saturated carbocycles. The molecule has 0 bridgehead atoms. The number of rotatable bonds is 9. The first kappa shape index (κ1) is 40.7. The summed E-state index contributed by atoms with van der Waals surface area (Å²) in [7, 11) is 0. The Balaban J connectivity index is 1.10. The Morgan fingerprint density at radius 2 is 1.90 bits per heavy atom. The molecule has 21 heteroatoms. The highest BCUT2D eigenvalue weighted by atomic mass is 19.1. The van der Waals surface area contributed by atoms with Crippen LogP contribution in [0.15, 0.2) is 35.1 Å². The van der Waals surface area contributed by atoms with Crippen molar-refractivity contribution in [2.24, 2.45) is 5.73 Å². The summed E-state index contributed by atoms with van der Waals surface area (Å²) in [5.41, 5.74) is 5.83. The van der Waals surface area contributed by atoms with Gasteiger partial charge >= 0.3 is 23.7 Å². The number of aromatic nitrogens is 2. The number of nitro benzene ring substituents is 1. The fraction of sp³-hybridized carbons (Fsp3) is 0.410. The number of ether oxygens (including phenoxy) is 4. The Morgan fingerprint density at radius 1 is 1.15 bits per heavy atom. The molecule has 2 aromatic carbocycles. The van der Waals surface area contributed by atoms with Crippen LogP contribution >= 0.6 is 0 Å². The van der Waals surface area contributed by atoms with E-state index in [9.17, 15) is 54.8 Å². The molecule has 2 aromatic heterocycles. The lowest BCUT2D eigenvalue weighted by Gasteiger charge is -2.38. The molecule has 1 aliphatic carbocycles. The number of alkyl carbamates (subject to hydrolysis) is 1. The van der Waals surface area contributed by atoms with Gasteiger partial charge in [-0.25, -0.2) is 23.8 Å². The van der Waals surface area contributed by atoms with E-state index in [1.807, 2.05) is 0 Å². The number of aryl methyl sites for hydroxylation is 1. The molecule has 60 heavy (non-hydrogen) atoms. The van der Waals surface area contributed by atoms with Crippen LogP contribution in [0, 0.1) is 22.9 Å². The molecule has 0 spiro atoms. The Hall–Kier alpha value is -6.10. The fourth-order valence-corrected chi connectivity index (χ4v) is 8.51. The number of nitrogens with two attached hydrogens (primary N) is 1. The van der Waals surface area contributed by atoms with Gasteiger partial charge in [0.15, 0.2) is 17.5 Å². The highest BCUT2D eigenvalue weighted by molar-refractivity contribution is 5.93. The van der Waals surface area contributed by atoms with Gasteiger partial charge in [0.25, 0.3) is 5.56 Å². The Kier molecular flexibility index (Phi) is 10.1. The van der Waals surface area contributed by atoms with Crippen molar-refractivity contribution >= 4 is 34.6 Å². The van der Waals surface area contributed by atoms with Gasteiger partial charge < -0.3 is 60.1 Å². The second-order valence-corrected chi connectivity index (χ2v) is 15.0. The van der Waals surface area contributed by atoms with E-state index in [1.54, 1.807) is 13.8 Å². The van der Waals surface area contributed by atoms with Gasteiger partial charge in [0.1, 0.15) is 36.8 Å². The average molecular weight is 836 g/mol. The van der Waals surface area contributed by atoms with E-state index in [-0.39, 0.29) is 66.1 Å². The number of hydrogen-bond acceptors (Lipinski definition) is 16. The molecule has 20 nitrogen and oxygen atoms in total. The van der Waals surface area contributed by atoms with E-state index in [2.05, 4.69) is 5.32 Å². The third kappa shape index (κ3) is 6.32. The van der Waals surface area contributed by atoms with Crippen LogP contribution in [0.3, 0.4) is 0 Å². The molecular formula is C39H38FN5O15. The number of aliphatic carboxylic acids is 1. The number of carboxylic acid groups (broad SMARTS) is 1. The second kappa shape index (κ2) is 14.9. The van der Waals surface area contributed by atoms with Gasteiger partial charge in [-0.2, -0.15) is 0 Å². The van der Waals surface area contributed by atoms with E-state index in [0.29, 0.717) is 34.1 Å². The number of aliphatic hydroxyl groups excluding tert-OH is 3. The molecule has 3 aliphatic heterocycles. The van der Waals surface area contributed by atoms with Gasteiger partial charge in [0.2, 0.25) is 6.29 Å². The number of pyridine rings is 2. The molecule has 4 aromatic rings. The van der Waals surface area contributed by atoms with Gasteiger partial charge in [-0.3, -0.25) is 14.9 Å². The summed E-state index contributed by atoms with van der Waals surface area (Å²) in [6.07, 6.45) is -11.8. The predicted octanol–water partition coefficient (Wildman–Crippen LogP) is 1.12. The molecule has 4 aliphatic rings. The number of cyclic esters (lactones) is 1. The van der Waals surface area contributed by atoms with Crippen LogP contribution in [0.5, 0.6) is 5.75 Å². The lowest BCUT2D eigenvalue weighted by Crippen LogP contribution is -2.61. The van der Waals surface area contributed by atoms with Crippen LogP contribution in [-0.2, 0) is 49.0 Å². The minimum Gasteiger partial charge on any atom is -0.479 e. The molecule has 1 saturated heterocycles. The van der Waals surface area contributed by atoms with Crippen LogP contribution in [0.25, 0.3) is 22.3 Å². The number of nitro groups is 1.